The molecule has 0 atom stereocenters. The van der Waals surface area contributed by atoms with Crippen LogP contribution in [0.4, 0.5) is 0 Å². The Balaban J connectivity index is 2.23. The van der Waals surface area contributed by atoms with Crippen LogP contribution >= 0.6 is 0 Å². The Hall–Kier alpha value is -2.94. The van der Waals surface area contributed by atoms with E-state index in [0.29, 0.717) is 11.1 Å². The van der Waals surface area contributed by atoms with Crippen molar-refractivity contribution in [3.63, 3.8) is 0 Å². The van der Waals surface area contributed by atoms with Crippen LogP contribution in [-0.2, 0) is 4.79 Å². The first-order valence-electron chi connectivity index (χ1n) is 6.44. The molecule has 0 aromatic heterocycles. The van der Waals surface area contributed by atoms with Gasteiger partial charge < -0.3 is 5.11 Å². The number of carboxylic acids is 1. The molecule has 0 fully saturated rings. The van der Waals surface area contributed by atoms with Crippen LogP contribution < -0.4 is 0 Å². The Morgan fingerprint density at radius 2 is 1.48 bits per heavy atom. The number of ketones is 1. The van der Waals surface area contributed by atoms with E-state index in [1.807, 2.05) is 30.3 Å². The highest BCUT2D eigenvalue weighted by atomic mass is 16.4. The van der Waals surface area contributed by atoms with Crippen molar-refractivity contribution in [2.24, 2.45) is 0 Å². The second-order valence-electron chi connectivity index (χ2n) is 4.37. The fraction of sp³-hybridized carbons (Fsp3) is 0. The molecule has 3 nitrogen and oxygen atoms in total. The van der Waals surface area contributed by atoms with E-state index < -0.39 is 5.97 Å². The highest BCUT2D eigenvalue weighted by Gasteiger charge is 2.06. The first kappa shape index (κ1) is 14.5. The lowest BCUT2D eigenvalue weighted by molar-refractivity contribution is -0.131. The predicted octanol–water partition coefficient (Wildman–Crippen LogP) is 3.68. The minimum absolute atomic E-state index is 0.163. The van der Waals surface area contributed by atoms with E-state index >= 15 is 0 Å². The molecule has 0 saturated heterocycles. The van der Waals surface area contributed by atoms with Crippen molar-refractivity contribution in [1.29, 1.82) is 0 Å². The molecule has 0 aliphatic heterocycles. The van der Waals surface area contributed by atoms with Gasteiger partial charge in [0, 0.05) is 11.6 Å². The molecule has 3 heteroatoms. The SMILES string of the molecule is O=C(O)/C=C/c1ccccc1C(=O)/C=C/c1ccccc1. The summed E-state index contributed by atoms with van der Waals surface area (Å²) < 4.78 is 0. The molecule has 2 rings (SSSR count). The number of allylic oxidation sites excluding steroid dienone is 1. The van der Waals surface area contributed by atoms with Gasteiger partial charge in [-0.3, -0.25) is 4.79 Å². The van der Waals surface area contributed by atoms with Crippen molar-refractivity contribution >= 4 is 23.9 Å². The van der Waals surface area contributed by atoms with E-state index in [-0.39, 0.29) is 5.78 Å². The van der Waals surface area contributed by atoms with Crippen molar-refractivity contribution in [1.82, 2.24) is 0 Å². The van der Waals surface area contributed by atoms with Crippen LogP contribution in [0.1, 0.15) is 21.5 Å². The molecule has 0 aliphatic rings. The van der Waals surface area contributed by atoms with E-state index in [0.717, 1.165) is 11.6 Å². The Kier molecular flexibility index (Phi) is 4.83. The first-order chi connectivity index (χ1) is 10.2. The van der Waals surface area contributed by atoms with Crippen LogP contribution in [0, 0.1) is 0 Å². The molecular weight excluding hydrogens is 264 g/mol. The molecule has 0 spiro atoms. The summed E-state index contributed by atoms with van der Waals surface area (Å²) in [6.45, 7) is 0. The lowest BCUT2D eigenvalue weighted by Gasteiger charge is -2.01. The van der Waals surface area contributed by atoms with Crippen LogP contribution in [0.2, 0.25) is 0 Å². The molecular formula is C18H14O3. The topological polar surface area (TPSA) is 54.4 Å². The quantitative estimate of drug-likeness (QED) is 0.670. The number of aliphatic carboxylic acids is 1. The normalized spacial score (nSPS) is 11.0. The van der Waals surface area contributed by atoms with E-state index in [1.54, 1.807) is 30.3 Å². The molecule has 0 unspecified atom stereocenters. The summed E-state index contributed by atoms with van der Waals surface area (Å²) >= 11 is 0. The van der Waals surface area contributed by atoms with Crippen molar-refractivity contribution in [2.45, 2.75) is 0 Å². The zero-order valence-electron chi connectivity index (χ0n) is 11.3. The van der Waals surface area contributed by atoms with Gasteiger partial charge in [-0.15, -0.1) is 0 Å². The van der Waals surface area contributed by atoms with Gasteiger partial charge in [0.25, 0.3) is 0 Å². The number of carbonyl (C=O) groups excluding carboxylic acids is 1. The number of hydrogen-bond acceptors (Lipinski definition) is 2. The third-order valence-corrected chi connectivity index (χ3v) is 2.86. The first-order valence-corrected chi connectivity index (χ1v) is 6.44. The van der Waals surface area contributed by atoms with Crippen LogP contribution in [-0.4, -0.2) is 16.9 Å². The van der Waals surface area contributed by atoms with Crippen LogP contribution in [0.15, 0.2) is 66.7 Å². The Morgan fingerprint density at radius 3 is 2.19 bits per heavy atom. The average molecular weight is 278 g/mol. The maximum Gasteiger partial charge on any atom is 0.328 e. The molecule has 0 heterocycles. The van der Waals surface area contributed by atoms with Gasteiger partial charge in [-0.2, -0.15) is 0 Å². The van der Waals surface area contributed by atoms with E-state index in [9.17, 15) is 9.59 Å². The monoisotopic (exact) mass is 278 g/mol. The van der Waals surface area contributed by atoms with Gasteiger partial charge in [-0.05, 0) is 23.3 Å². The summed E-state index contributed by atoms with van der Waals surface area (Å²) in [5.74, 6) is -1.21. The predicted molar refractivity (Wildman–Crippen MR) is 82.9 cm³/mol. The van der Waals surface area contributed by atoms with Gasteiger partial charge in [0.05, 0.1) is 0 Å². The fourth-order valence-corrected chi connectivity index (χ4v) is 1.85. The lowest BCUT2D eigenvalue weighted by atomic mass is 10.0. The maximum atomic E-state index is 12.2. The number of carboxylic acid groups (broad SMARTS) is 1. The molecule has 21 heavy (non-hydrogen) atoms. The zero-order chi connectivity index (χ0) is 15.1. The van der Waals surface area contributed by atoms with Gasteiger partial charge in [0.15, 0.2) is 5.78 Å². The summed E-state index contributed by atoms with van der Waals surface area (Å²) in [5.41, 5.74) is 1.99. The van der Waals surface area contributed by atoms with Crippen molar-refractivity contribution in [2.75, 3.05) is 0 Å². The van der Waals surface area contributed by atoms with Gasteiger partial charge >= 0.3 is 5.97 Å². The second-order valence-corrected chi connectivity index (χ2v) is 4.37. The maximum absolute atomic E-state index is 12.2. The minimum atomic E-state index is -1.04. The number of carbonyl (C=O) groups is 2. The van der Waals surface area contributed by atoms with E-state index in [2.05, 4.69) is 0 Å². The summed E-state index contributed by atoms with van der Waals surface area (Å²) in [4.78, 5) is 22.8. The fourth-order valence-electron chi connectivity index (χ4n) is 1.85. The highest BCUT2D eigenvalue weighted by molar-refractivity contribution is 6.09. The smallest absolute Gasteiger partial charge is 0.328 e. The van der Waals surface area contributed by atoms with Crippen LogP contribution in [0.25, 0.3) is 12.2 Å². The minimum Gasteiger partial charge on any atom is -0.478 e. The van der Waals surface area contributed by atoms with Crippen molar-refractivity contribution in [3.05, 3.63) is 83.4 Å². The molecule has 104 valence electrons. The van der Waals surface area contributed by atoms with Crippen molar-refractivity contribution in [3.8, 4) is 0 Å². The van der Waals surface area contributed by atoms with Crippen LogP contribution in [0.5, 0.6) is 0 Å². The summed E-state index contributed by atoms with van der Waals surface area (Å²) in [6, 6.07) is 16.4. The molecule has 1 N–H and O–H groups in total. The Labute approximate surface area is 122 Å². The molecule has 2 aromatic rings. The molecule has 0 radical (unpaired) electrons. The van der Waals surface area contributed by atoms with Crippen molar-refractivity contribution < 1.29 is 14.7 Å². The van der Waals surface area contributed by atoms with Gasteiger partial charge in [-0.1, -0.05) is 60.7 Å². The van der Waals surface area contributed by atoms with E-state index in [1.165, 1.54) is 12.2 Å². The Morgan fingerprint density at radius 1 is 0.810 bits per heavy atom. The Bertz CT molecular complexity index is 697. The summed E-state index contributed by atoms with van der Waals surface area (Å²) in [5, 5.41) is 8.67. The molecule has 0 bridgehead atoms. The summed E-state index contributed by atoms with van der Waals surface area (Å²) in [6.07, 6.45) is 5.67. The van der Waals surface area contributed by atoms with Gasteiger partial charge in [0.1, 0.15) is 0 Å². The van der Waals surface area contributed by atoms with Crippen LogP contribution in [0.3, 0.4) is 0 Å². The third-order valence-electron chi connectivity index (χ3n) is 2.86. The number of rotatable bonds is 5. The molecule has 0 amide bonds. The molecule has 0 aliphatic carbocycles. The zero-order valence-corrected chi connectivity index (χ0v) is 11.3. The average Bonchev–Trinajstić information content (AvgIpc) is 2.52. The van der Waals surface area contributed by atoms with Gasteiger partial charge in [0.2, 0.25) is 0 Å². The molecule has 0 saturated carbocycles. The number of hydrogen-bond donors (Lipinski definition) is 1. The highest BCUT2D eigenvalue weighted by Crippen LogP contribution is 2.13. The van der Waals surface area contributed by atoms with E-state index in [4.69, 9.17) is 5.11 Å². The van der Waals surface area contributed by atoms with Gasteiger partial charge in [-0.25, -0.2) is 4.79 Å². The largest absolute Gasteiger partial charge is 0.478 e. The lowest BCUT2D eigenvalue weighted by Crippen LogP contribution is -1.98. The third kappa shape index (κ3) is 4.28. The second kappa shape index (κ2) is 7.01. The number of benzene rings is 2. The molecule has 2 aromatic carbocycles. The summed E-state index contributed by atoms with van der Waals surface area (Å²) in [7, 11) is 0. The standard InChI is InChI=1S/C18H14O3/c19-17(12-10-14-6-2-1-3-7-14)16-9-5-4-8-15(16)11-13-18(20)21/h1-13H,(H,20,21)/b12-10+,13-11+.